The van der Waals surface area contributed by atoms with Crippen LogP contribution in [0.25, 0.3) is 0 Å². The highest BCUT2D eigenvalue weighted by atomic mass is 19.1. The number of rotatable bonds is 3. The summed E-state index contributed by atoms with van der Waals surface area (Å²) in [5.41, 5.74) is 13.3. The SMILES string of the molecule is CC[C@](N)(c1cc(N)ccc1C)C(C)F. The van der Waals surface area contributed by atoms with Gasteiger partial charge in [0.1, 0.15) is 6.17 Å². The lowest BCUT2D eigenvalue weighted by Gasteiger charge is -2.32. The molecule has 2 atom stereocenters. The fraction of sp³-hybridized carbons (Fsp3) is 0.500. The van der Waals surface area contributed by atoms with Crippen LogP contribution >= 0.6 is 0 Å². The molecule has 1 rings (SSSR count). The van der Waals surface area contributed by atoms with Gasteiger partial charge in [-0.1, -0.05) is 13.0 Å². The largest absolute Gasteiger partial charge is 0.399 e. The number of aryl methyl sites for hydroxylation is 1. The molecule has 0 heterocycles. The number of hydrogen-bond donors (Lipinski definition) is 2. The van der Waals surface area contributed by atoms with Gasteiger partial charge in [-0.2, -0.15) is 0 Å². The molecule has 1 aromatic carbocycles. The quantitative estimate of drug-likeness (QED) is 0.753. The Hall–Kier alpha value is -1.09. The molecule has 0 saturated carbocycles. The summed E-state index contributed by atoms with van der Waals surface area (Å²) < 4.78 is 13.6. The minimum Gasteiger partial charge on any atom is -0.399 e. The van der Waals surface area contributed by atoms with Gasteiger partial charge in [0, 0.05) is 5.69 Å². The van der Waals surface area contributed by atoms with E-state index in [0.717, 1.165) is 11.1 Å². The van der Waals surface area contributed by atoms with E-state index in [1.54, 1.807) is 12.1 Å². The molecule has 1 aromatic rings. The molecule has 3 heteroatoms. The molecule has 0 amide bonds. The standard InChI is InChI=1S/C12H19FN2/c1-4-12(15,9(3)13)11-7-10(14)6-5-8(11)2/h5-7,9H,4,14-15H2,1-3H3/t9?,12-/m1/s1. The van der Waals surface area contributed by atoms with E-state index in [2.05, 4.69) is 0 Å². The van der Waals surface area contributed by atoms with E-state index < -0.39 is 11.7 Å². The first-order valence-corrected chi connectivity index (χ1v) is 5.21. The third kappa shape index (κ3) is 2.12. The predicted molar refractivity (Wildman–Crippen MR) is 62.3 cm³/mol. The summed E-state index contributed by atoms with van der Waals surface area (Å²) >= 11 is 0. The van der Waals surface area contributed by atoms with Crippen LogP contribution < -0.4 is 11.5 Å². The minimum absolute atomic E-state index is 0.551. The summed E-state index contributed by atoms with van der Waals surface area (Å²) in [6, 6.07) is 5.46. The van der Waals surface area contributed by atoms with Crippen LogP contribution in [0.4, 0.5) is 10.1 Å². The molecule has 0 aromatic heterocycles. The van der Waals surface area contributed by atoms with Gasteiger partial charge in [0.2, 0.25) is 0 Å². The maximum Gasteiger partial charge on any atom is 0.119 e. The van der Waals surface area contributed by atoms with E-state index in [9.17, 15) is 4.39 Å². The van der Waals surface area contributed by atoms with Crippen molar-refractivity contribution in [3.8, 4) is 0 Å². The molecule has 1 unspecified atom stereocenters. The summed E-state index contributed by atoms with van der Waals surface area (Å²) in [7, 11) is 0. The fourth-order valence-electron chi connectivity index (χ4n) is 1.83. The lowest BCUT2D eigenvalue weighted by Crippen LogP contribution is -2.44. The number of hydrogen-bond acceptors (Lipinski definition) is 2. The number of alkyl halides is 1. The Balaban J connectivity index is 3.29. The van der Waals surface area contributed by atoms with Crippen molar-refractivity contribution in [2.45, 2.75) is 38.9 Å². The number of halogens is 1. The second kappa shape index (κ2) is 4.19. The molecule has 0 bridgehead atoms. The number of nitrogens with two attached hydrogens (primary N) is 2. The highest BCUT2D eigenvalue weighted by Gasteiger charge is 2.33. The monoisotopic (exact) mass is 210 g/mol. The van der Waals surface area contributed by atoms with Crippen LogP contribution in [-0.2, 0) is 5.54 Å². The highest BCUT2D eigenvalue weighted by molar-refractivity contribution is 5.47. The summed E-state index contributed by atoms with van der Waals surface area (Å²) in [5.74, 6) is 0. The van der Waals surface area contributed by atoms with Crippen LogP contribution in [0.15, 0.2) is 18.2 Å². The van der Waals surface area contributed by atoms with Gasteiger partial charge in [0.15, 0.2) is 0 Å². The molecule has 4 N–H and O–H groups in total. The van der Waals surface area contributed by atoms with Crippen molar-refractivity contribution < 1.29 is 4.39 Å². The lowest BCUT2D eigenvalue weighted by atomic mass is 9.82. The summed E-state index contributed by atoms with van der Waals surface area (Å²) in [5, 5.41) is 0. The first kappa shape index (κ1) is 12.0. The normalized spacial score (nSPS) is 17.1. The minimum atomic E-state index is -1.09. The molecule has 0 spiro atoms. The topological polar surface area (TPSA) is 52.0 Å². The predicted octanol–water partition coefficient (Wildman–Crippen LogP) is 2.50. The molecule has 2 nitrogen and oxygen atoms in total. The first-order valence-electron chi connectivity index (χ1n) is 5.21. The van der Waals surface area contributed by atoms with Crippen molar-refractivity contribution in [3.05, 3.63) is 29.3 Å². The molecule has 15 heavy (non-hydrogen) atoms. The Morgan fingerprint density at radius 2 is 2.07 bits per heavy atom. The molecular formula is C12H19FN2. The number of benzene rings is 1. The second-order valence-corrected chi connectivity index (χ2v) is 4.08. The zero-order chi connectivity index (χ0) is 11.6. The fourth-order valence-corrected chi connectivity index (χ4v) is 1.83. The van der Waals surface area contributed by atoms with Gasteiger partial charge in [-0.15, -0.1) is 0 Å². The van der Waals surface area contributed by atoms with Crippen LogP contribution in [0.3, 0.4) is 0 Å². The van der Waals surface area contributed by atoms with Gasteiger partial charge in [-0.3, -0.25) is 0 Å². The molecular weight excluding hydrogens is 191 g/mol. The van der Waals surface area contributed by atoms with Crippen molar-refractivity contribution >= 4 is 5.69 Å². The van der Waals surface area contributed by atoms with Crippen molar-refractivity contribution in [2.24, 2.45) is 5.73 Å². The van der Waals surface area contributed by atoms with Gasteiger partial charge >= 0.3 is 0 Å². The van der Waals surface area contributed by atoms with Crippen LogP contribution in [0.5, 0.6) is 0 Å². The average molecular weight is 210 g/mol. The van der Waals surface area contributed by atoms with Crippen LogP contribution in [0.2, 0.25) is 0 Å². The Kier molecular flexibility index (Phi) is 3.35. The van der Waals surface area contributed by atoms with E-state index in [4.69, 9.17) is 11.5 Å². The van der Waals surface area contributed by atoms with Crippen molar-refractivity contribution in [2.75, 3.05) is 5.73 Å². The van der Waals surface area contributed by atoms with Crippen LogP contribution in [-0.4, -0.2) is 6.17 Å². The molecule has 0 aliphatic heterocycles. The van der Waals surface area contributed by atoms with E-state index >= 15 is 0 Å². The van der Waals surface area contributed by atoms with E-state index in [1.165, 1.54) is 6.92 Å². The summed E-state index contributed by atoms with van der Waals surface area (Å²) in [4.78, 5) is 0. The van der Waals surface area contributed by atoms with Crippen molar-refractivity contribution in [1.29, 1.82) is 0 Å². The maximum absolute atomic E-state index is 13.6. The Labute approximate surface area is 90.5 Å². The third-order valence-electron chi connectivity index (χ3n) is 3.06. The van der Waals surface area contributed by atoms with Gasteiger partial charge in [0.25, 0.3) is 0 Å². The number of nitrogen functional groups attached to an aromatic ring is 1. The molecule has 0 radical (unpaired) electrons. The zero-order valence-electron chi connectivity index (χ0n) is 9.55. The second-order valence-electron chi connectivity index (χ2n) is 4.08. The first-order chi connectivity index (χ1) is 6.91. The van der Waals surface area contributed by atoms with Crippen molar-refractivity contribution in [3.63, 3.8) is 0 Å². The van der Waals surface area contributed by atoms with E-state index in [-0.39, 0.29) is 0 Å². The zero-order valence-corrected chi connectivity index (χ0v) is 9.55. The van der Waals surface area contributed by atoms with Gasteiger partial charge in [0.05, 0.1) is 5.54 Å². The van der Waals surface area contributed by atoms with E-state index in [1.807, 2.05) is 19.9 Å². The summed E-state index contributed by atoms with van der Waals surface area (Å²) in [6.45, 7) is 5.30. The molecule has 84 valence electrons. The van der Waals surface area contributed by atoms with Crippen LogP contribution in [0, 0.1) is 6.92 Å². The molecule has 0 saturated heterocycles. The maximum atomic E-state index is 13.6. The Morgan fingerprint density at radius 3 is 2.53 bits per heavy atom. The van der Waals surface area contributed by atoms with E-state index in [0.29, 0.717) is 12.1 Å². The van der Waals surface area contributed by atoms with Gasteiger partial charge in [-0.05, 0) is 43.5 Å². The smallest absolute Gasteiger partial charge is 0.119 e. The molecule has 0 fully saturated rings. The molecule has 0 aliphatic rings. The average Bonchev–Trinajstić information content (AvgIpc) is 2.20. The Bertz CT molecular complexity index is 349. The van der Waals surface area contributed by atoms with Gasteiger partial charge < -0.3 is 11.5 Å². The highest BCUT2D eigenvalue weighted by Crippen LogP contribution is 2.31. The van der Waals surface area contributed by atoms with Crippen LogP contribution in [0.1, 0.15) is 31.4 Å². The molecule has 0 aliphatic carbocycles. The number of anilines is 1. The summed E-state index contributed by atoms with van der Waals surface area (Å²) in [6.07, 6.45) is -0.544. The van der Waals surface area contributed by atoms with Gasteiger partial charge in [-0.25, -0.2) is 4.39 Å². The third-order valence-corrected chi connectivity index (χ3v) is 3.06. The van der Waals surface area contributed by atoms with Crippen molar-refractivity contribution in [1.82, 2.24) is 0 Å². The lowest BCUT2D eigenvalue weighted by molar-refractivity contribution is 0.201. The Morgan fingerprint density at radius 1 is 1.47 bits per heavy atom.